The molecule has 3 aromatic rings. The van der Waals surface area contributed by atoms with E-state index in [9.17, 15) is 14.4 Å². The lowest BCUT2D eigenvalue weighted by molar-refractivity contribution is -0.148. The van der Waals surface area contributed by atoms with Crippen molar-refractivity contribution in [3.63, 3.8) is 0 Å². The zero-order valence-electron chi connectivity index (χ0n) is 17.7. The number of nitrogens with zero attached hydrogens (tertiary/aromatic N) is 1. The molecule has 0 bridgehead atoms. The first-order valence-electron chi connectivity index (χ1n) is 10.2. The van der Waals surface area contributed by atoms with Crippen LogP contribution in [0.2, 0.25) is 0 Å². The molecule has 6 nitrogen and oxygen atoms in total. The zero-order chi connectivity index (χ0) is 22.1. The molecule has 0 saturated carbocycles. The first-order chi connectivity index (χ1) is 14.9. The van der Waals surface area contributed by atoms with Crippen LogP contribution in [0.25, 0.3) is 17.0 Å². The fourth-order valence-electron chi connectivity index (χ4n) is 4.17. The summed E-state index contributed by atoms with van der Waals surface area (Å²) in [6.45, 7) is 4.87. The number of amides is 1. The summed E-state index contributed by atoms with van der Waals surface area (Å²) in [5.41, 5.74) is 3.97. The van der Waals surface area contributed by atoms with Gasteiger partial charge in [-0.2, -0.15) is 0 Å². The number of carbonyl (C=O) groups excluding carboxylic acids is 3. The van der Waals surface area contributed by atoms with Crippen molar-refractivity contribution in [3.8, 4) is 0 Å². The van der Waals surface area contributed by atoms with Gasteiger partial charge in [-0.1, -0.05) is 42.5 Å². The van der Waals surface area contributed by atoms with Crippen LogP contribution in [0, 0.1) is 6.92 Å². The maximum absolute atomic E-state index is 13.1. The van der Waals surface area contributed by atoms with Gasteiger partial charge in [0.2, 0.25) is 11.7 Å². The van der Waals surface area contributed by atoms with Gasteiger partial charge < -0.3 is 14.6 Å². The second-order valence-electron chi connectivity index (χ2n) is 7.76. The maximum Gasteiger partial charge on any atom is 0.308 e. The van der Waals surface area contributed by atoms with Crippen LogP contribution in [0.1, 0.15) is 53.5 Å². The third kappa shape index (κ3) is 3.89. The van der Waals surface area contributed by atoms with Crippen LogP contribution in [0.3, 0.4) is 0 Å². The van der Waals surface area contributed by atoms with E-state index < -0.39 is 18.1 Å². The van der Waals surface area contributed by atoms with E-state index in [0.717, 1.165) is 27.7 Å². The molecule has 2 atom stereocenters. The van der Waals surface area contributed by atoms with E-state index in [4.69, 9.17) is 4.74 Å². The monoisotopic (exact) mass is 416 g/mol. The molecule has 0 spiro atoms. The summed E-state index contributed by atoms with van der Waals surface area (Å²) in [6, 6.07) is 14.7. The molecule has 158 valence electrons. The Labute approximate surface area is 180 Å². The second kappa shape index (κ2) is 8.22. The molecule has 1 aromatic heterocycles. The first-order valence-corrected chi connectivity index (χ1v) is 10.2. The fourth-order valence-corrected chi connectivity index (χ4v) is 4.17. The number of Topliss-reactive ketones (excluding diaryl/α,β-unsaturated/α-hetero) is 1. The number of ether oxygens (including phenoxy) is 1. The molecule has 2 heterocycles. The Kier molecular flexibility index (Phi) is 5.46. The molecule has 2 aromatic carbocycles. The number of hydrogen-bond acceptors (Lipinski definition) is 4. The average Bonchev–Trinajstić information content (AvgIpc) is 3.08. The number of nitrogens with one attached hydrogen (secondary N) is 1. The van der Waals surface area contributed by atoms with Gasteiger partial charge >= 0.3 is 5.97 Å². The van der Waals surface area contributed by atoms with Gasteiger partial charge in [0.25, 0.3) is 0 Å². The van der Waals surface area contributed by atoms with E-state index in [0.29, 0.717) is 5.56 Å². The Morgan fingerprint density at radius 2 is 1.81 bits per heavy atom. The van der Waals surface area contributed by atoms with E-state index in [1.807, 2.05) is 61.5 Å². The van der Waals surface area contributed by atoms with Crippen molar-refractivity contribution in [1.82, 2.24) is 9.88 Å². The number of esters is 1. The van der Waals surface area contributed by atoms with Crippen LogP contribution in [0.4, 0.5) is 0 Å². The van der Waals surface area contributed by atoms with Crippen molar-refractivity contribution in [2.24, 2.45) is 0 Å². The second-order valence-corrected chi connectivity index (χ2v) is 7.76. The third-order valence-corrected chi connectivity index (χ3v) is 5.65. The summed E-state index contributed by atoms with van der Waals surface area (Å²) in [7, 11) is 0. The molecule has 0 aliphatic carbocycles. The summed E-state index contributed by atoms with van der Waals surface area (Å²) >= 11 is 0. The van der Waals surface area contributed by atoms with Gasteiger partial charge in [-0.25, -0.2) is 0 Å². The molecule has 4 rings (SSSR count). The van der Waals surface area contributed by atoms with Crippen molar-refractivity contribution >= 4 is 34.6 Å². The number of H-pyrrole nitrogens is 1. The normalized spacial score (nSPS) is 16.1. The van der Waals surface area contributed by atoms with Crippen LogP contribution in [0.5, 0.6) is 0 Å². The number of ketones is 1. The minimum Gasteiger partial charge on any atom is -0.454 e. The molecule has 31 heavy (non-hydrogen) atoms. The van der Waals surface area contributed by atoms with Gasteiger partial charge in [0.15, 0.2) is 6.10 Å². The van der Waals surface area contributed by atoms with Crippen LogP contribution in [0.15, 0.2) is 54.7 Å². The lowest BCUT2D eigenvalue weighted by Gasteiger charge is -2.32. The topological polar surface area (TPSA) is 79.5 Å². The van der Waals surface area contributed by atoms with E-state index >= 15 is 0 Å². The standard InChI is InChI=1S/C25H24N2O4/c1-15-24(20-10-6-7-11-21(20)26-15)25(30)16(2)31-23(29)14-22-19-9-5-4-8-18(19)12-13-27(22)17(3)28/h4-13,16,22,26H,14H2,1-3H3/t16-,22+/m1/s1. The highest BCUT2D eigenvalue weighted by Gasteiger charge is 2.31. The van der Waals surface area contributed by atoms with Crippen LogP contribution in [-0.2, 0) is 14.3 Å². The van der Waals surface area contributed by atoms with Crippen molar-refractivity contribution in [2.75, 3.05) is 0 Å². The van der Waals surface area contributed by atoms with E-state index in [1.54, 1.807) is 13.1 Å². The molecule has 1 N–H and O–H groups in total. The minimum absolute atomic E-state index is 0.0363. The molecule has 0 fully saturated rings. The van der Waals surface area contributed by atoms with Crippen molar-refractivity contribution in [2.45, 2.75) is 39.3 Å². The summed E-state index contributed by atoms with van der Waals surface area (Å²) in [4.78, 5) is 42.7. The van der Waals surface area contributed by atoms with Crippen molar-refractivity contribution in [3.05, 3.63) is 77.1 Å². The predicted octanol–water partition coefficient (Wildman–Crippen LogP) is 4.55. The molecular formula is C25H24N2O4. The quantitative estimate of drug-likeness (QED) is 0.489. The van der Waals surface area contributed by atoms with Gasteiger partial charge in [-0.15, -0.1) is 0 Å². The van der Waals surface area contributed by atoms with E-state index in [1.165, 1.54) is 11.8 Å². The molecule has 6 heteroatoms. The minimum atomic E-state index is -0.939. The van der Waals surface area contributed by atoms with Gasteiger partial charge in [0.05, 0.1) is 12.5 Å². The molecule has 1 amide bonds. The Hall–Kier alpha value is -3.67. The number of aromatic nitrogens is 1. The zero-order valence-corrected chi connectivity index (χ0v) is 17.7. The molecule has 0 saturated heterocycles. The number of para-hydroxylation sites is 1. The Balaban J connectivity index is 1.52. The Bertz CT molecular complexity index is 1210. The maximum atomic E-state index is 13.1. The molecular weight excluding hydrogens is 392 g/mol. The highest BCUT2D eigenvalue weighted by Crippen LogP contribution is 2.33. The van der Waals surface area contributed by atoms with Crippen LogP contribution >= 0.6 is 0 Å². The SMILES string of the molecule is CC(=O)N1C=Cc2ccccc2[C@@H]1CC(=O)O[C@H](C)C(=O)c1c(C)[nH]c2ccccc12. The number of rotatable bonds is 5. The largest absolute Gasteiger partial charge is 0.454 e. The fraction of sp³-hybridized carbons (Fsp3) is 0.240. The lowest BCUT2D eigenvalue weighted by atomic mass is 9.94. The van der Waals surface area contributed by atoms with E-state index in [2.05, 4.69) is 4.98 Å². The smallest absolute Gasteiger partial charge is 0.308 e. The van der Waals surface area contributed by atoms with E-state index in [-0.39, 0.29) is 18.1 Å². The Morgan fingerprint density at radius 1 is 1.10 bits per heavy atom. The van der Waals surface area contributed by atoms with Crippen LogP contribution in [-0.4, -0.2) is 33.6 Å². The molecule has 1 aliphatic heterocycles. The predicted molar refractivity (Wildman–Crippen MR) is 118 cm³/mol. The van der Waals surface area contributed by atoms with Crippen molar-refractivity contribution in [1.29, 1.82) is 0 Å². The summed E-state index contributed by atoms with van der Waals surface area (Å²) in [5.74, 6) is -0.947. The van der Waals surface area contributed by atoms with Crippen molar-refractivity contribution < 1.29 is 19.1 Å². The van der Waals surface area contributed by atoms with Gasteiger partial charge in [-0.3, -0.25) is 14.4 Å². The summed E-state index contributed by atoms with van der Waals surface area (Å²) in [5, 5.41) is 0.807. The van der Waals surface area contributed by atoms with Gasteiger partial charge in [0, 0.05) is 35.3 Å². The van der Waals surface area contributed by atoms with Crippen LogP contribution < -0.4 is 0 Å². The number of benzene rings is 2. The number of aryl methyl sites for hydroxylation is 1. The molecule has 0 radical (unpaired) electrons. The number of aromatic amines is 1. The first kappa shape index (κ1) is 20.6. The average molecular weight is 416 g/mol. The summed E-state index contributed by atoms with van der Waals surface area (Å²) < 4.78 is 5.52. The lowest BCUT2D eigenvalue weighted by Crippen LogP contribution is -2.33. The summed E-state index contributed by atoms with van der Waals surface area (Å²) in [6.07, 6.45) is 2.56. The number of hydrogen-bond donors (Lipinski definition) is 1. The van der Waals surface area contributed by atoms with Gasteiger partial charge in [0.1, 0.15) is 0 Å². The van der Waals surface area contributed by atoms with Gasteiger partial charge in [-0.05, 0) is 37.1 Å². The number of carbonyl (C=O) groups is 3. The highest BCUT2D eigenvalue weighted by molar-refractivity contribution is 6.11. The number of fused-ring (bicyclic) bond motifs is 2. The third-order valence-electron chi connectivity index (χ3n) is 5.65. The molecule has 1 aliphatic rings. The highest BCUT2D eigenvalue weighted by atomic mass is 16.5. The molecule has 0 unspecified atom stereocenters. The Morgan fingerprint density at radius 3 is 2.58 bits per heavy atom.